The number of aromatic amines is 2. The molecule has 94 valence electrons. The van der Waals surface area contributed by atoms with E-state index in [1.807, 2.05) is 0 Å². The average molecular weight is 267 g/mol. The highest BCUT2D eigenvalue weighted by molar-refractivity contribution is 7.10. The van der Waals surface area contributed by atoms with Crippen LogP contribution < -0.4 is 11.4 Å². The van der Waals surface area contributed by atoms with Gasteiger partial charge < -0.3 is 5.11 Å². The number of carboxylic acid groups (broad SMARTS) is 1. The van der Waals surface area contributed by atoms with Gasteiger partial charge in [0, 0.05) is 11.0 Å². The molecule has 0 unspecified atom stereocenters. The molecule has 0 radical (unpaired) electrons. The van der Waals surface area contributed by atoms with Crippen LogP contribution in [0, 0.1) is 0 Å². The minimum Gasteiger partial charge on any atom is -0.478 e. The van der Waals surface area contributed by atoms with Gasteiger partial charge in [-0.2, -0.15) is 0 Å². The van der Waals surface area contributed by atoms with Crippen LogP contribution in [0.4, 0.5) is 0 Å². The Kier molecular flexibility index (Phi) is 3.28. The molecule has 18 heavy (non-hydrogen) atoms. The van der Waals surface area contributed by atoms with Crippen molar-refractivity contribution < 1.29 is 9.90 Å². The summed E-state index contributed by atoms with van der Waals surface area (Å²) in [7, 11) is 0. The summed E-state index contributed by atoms with van der Waals surface area (Å²) in [6.07, 6.45) is 2.48. The number of thiophene rings is 1. The zero-order valence-electron chi connectivity index (χ0n) is 9.04. The van der Waals surface area contributed by atoms with E-state index in [1.54, 1.807) is 11.4 Å². The van der Waals surface area contributed by atoms with Gasteiger partial charge in [0.05, 0.1) is 6.54 Å². The fourth-order valence-electron chi connectivity index (χ4n) is 1.37. The van der Waals surface area contributed by atoms with Crippen LogP contribution in [-0.2, 0) is 11.3 Å². The lowest BCUT2D eigenvalue weighted by atomic mass is 10.3. The molecule has 0 bridgehead atoms. The Balaban J connectivity index is 2.19. The van der Waals surface area contributed by atoms with Crippen molar-refractivity contribution >= 4 is 23.4 Å². The lowest BCUT2D eigenvalue weighted by molar-refractivity contribution is -0.131. The first kappa shape index (κ1) is 12.1. The van der Waals surface area contributed by atoms with E-state index < -0.39 is 17.3 Å². The fourth-order valence-corrected chi connectivity index (χ4v) is 2.21. The molecule has 0 amide bonds. The number of aliphatic carboxylic acids is 1. The number of carbonyl (C=O) groups is 1. The monoisotopic (exact) mass is 267 g/mol. The Bertz CT molecular complexity index is 676. The van der Waals surface area contributed by atoms with E-state index in [-0.39, 0.29) is 6.54 Å². The van der Waals surface area contributed by atoms with Gasteiger partial charge in [-0.1, -0.05) is 0 Å². The first-order chi connectivity index (χ1) is 8.56. The molecule has 0 aliphatic carbocycles. The number of carboxylic acids is 1. The molecule has 8 heteroatoms. The largest absolute Gasteiger partial charge is 0.478 e. The maximum atomic E-state index is 11.3. The predicted molar refractivity (Wildman–Crippen MR) is 65.8 cm³/mol. The van der Waals surface area contributed by atoms with Crippen LogP contribution in [-0.4, -0.2) is 25.8 Å². The van der Waals surface area contributed by atoms with Crippen LogP contribution in [0.25, 0.3) is 6.08 Å². The summed E-state index contributed by atoms with van der Waals surface area (Å²) in [5.74, 6) is -1.03. The summed E-state index contributed by atoms with van der Waals surface area (Å²) in [6.45, 7) is 0.156. The minimum absolute atomic E-state index is 0.156. The highest BCUT2D eigenvalue weighted by Crippen LogP contribution is 2.16. The van der Waals surface area contributed by atoms with Crippen LogP contribution in [0.2, 0.25) is 0 Å². The van der Waals surface area contributed by atoms with Crippen LogP contribution in [0.5, 0.6) is 0 Å². The Labute approximate surface area is 104 Å². The van der Waals surface area contributed by atoms with Crippen LogP contribution in [0.3, 0.4) is 0 Å². The molecule has 0 spiro atoms. The summed E-state index contributed by atoms with van der Waals surface area (Å²) in [5, 5.41) is 14.6. The van der Waals surface area contributed by atoms with Crippen LogP contribution in [0.15, 0.2) is 27.1 Å². The van der Waals surface area contributed by atoms with Gasteiger partial charge >= 0.3 is 17.3 Å². The van der Waals surface area contributed by atoms with Gasteiger partial charge in [-0.05, 0) is 23.1 Å². The SMILES string of the molecule is O=C(O)/C=C/c1csc(Cn2c(=O)[nH][nH]c2=O)c1. The van der Waals surface area contributed by atoms with Crippen molar-refractivity contribution in [3.05, 3.63) is 48.9 Å². The molecule has 3 N–H and O–H groups in total. The van der Waals surface area contributed by atoms with Crippen molar-refractivity contribution in [2.24, 2.45) is 0 Å². The summed E-state index contributed by atoms with van der Waals surface area (Å²) in [6, 6.07) is 1.73. The first-order valence-electron chi connectivity index (χ1n) is 4.92. The second-order valence-corrected chi connectivity index (χ2v) is 4.46. The summed E-state index contributed by atoms with van der Waals surface area (Å²) >= 11 is 1.35. The van der Waals surface area contributed by atoms with E-state index >= 15 is 0 Å². The Morgan fingerprint density at radius 2 is 2.06 bits per heavy atom. The summed E-state index contributed by atoms with van der Waals surface area (Å²) < 4.78 is 1.02. The average Bonchev–Trinajstić information content (AvgIpc) is 2.88. The molecule has 0 fully saturated rings. The molecule has 2 aromatic rings. The Morgan fingerprint density at radius 3 is 2.67 bits per heavy atom. The lowest BCUT2D eigenvalue weighted by Crippen LogP contribution is -2.26. The summed E-state index contributed by atoms with van der Waals surface area (Å²) in [4.78, 5) is 33.6. The van der Waals surface area contributed by atoms with E-state index in [4.69, 9.17) is 5.11 Å². The number of rotatable bonds is 4. The van der Waals surface area contributed by atoms with Gasteiger partial charge in [-0.15, -0.1) is 11.3 Å². The molecule has 2 aromatic heterocycles. The Morgan fingerprint density at radius 1 is 1.39 bits per heavy atom. The van der Waals surface area contributed by atoms with Crippen molar-refractivity contribution in [2.45, 2.75) is 6.54 Å². The van der Waals surface area contributed by atoms with E-state index in [0.29, 0.717) is 0 Å². The highest BCUT2D eigenvalue weighted by Gasteiger charge is 2.05. The molecule has 0 aliphatic heterocycles. The minimum atomic E-state index is -1.03. The molecule has 2 heterocycles. The lowest BCUT2D eigenvalue weighted by Gasteiger charge is -1.93. The van der Waals surface area contributed by atoms with Gasteiger partial charge in [0.1, 0.15) is 0 Å². The summed E-state index contributed by atoms with van der Waals surface area (Å²) in [5.41, 5.74) is -0.288. The van der Waals surface area contributed by atoms with Crippen molar-refractivity contribution in [1.82, 2.24) is 14.8 Å². The number of nitrogens with zero attached hydrogens (tertiary/aromatic N) is 1. The second-order valence-electron chi connectivity index (χ2n) is 3.46. The van der Waals surface area contributed by atoms with E-state index in [1.165, 1.54) is 17.4 Å². The standard InChI is InChI=1S/C10H9N3O4S/c14-8(15)2-1-6-3-7(18-5-6)4-13-9(16)11-12-10(13)17/h1-3,5H,4H2,(H,11,16)(H,12,17)(H,14,15)/b2-1+. The molecule has 0 saturated heterocycles. The third-order valence-corrected chi connectivity index (χ3v) is 3.11. The molecule has 7 nitrogen and oxygen atoms in total. The smallest absolute Gasteiger partial charge is 0.344 e. The van der Waals surface area contributed by atoms with Crippen LogP contribution >= 0.6 is 11.3 Å². The number of nitrogens with one attached hydrogen (secondary N) is 2. The van der Waals surface area contributed by atoms with Crippen molar-refractivity contribution in [3.63, 3.8) is 0 Å². The number of aromatic nitrogens is 3. The van der Waals surface area contributed by atoms with Crippen molar-refractivity contribution in [3.8, 4) is 0 Å². The maximum absolute atomic E-state index is 11.3. The second kappa shape index (κ2) is 4.88. The molecule has 0 aromatic carbocycles. The normalized spacial score (nSPS) is 11.1. The van der Waals surface area contributed by atoms with E-state index in [9.17, 15) is 14.4 Å². The zero-order valence-corrected chi connectivity index (χ0v) is 9.86. The number of hydrogen-bond donors (Lipinski definition) is 3. The first-order valence-corrected chi connectivity index (χ1v) is 5.80. The molecule has 0 aliphatic rings. The van der Waals surface area contributed by atoms with Crippen molar-refractivity contribution in [2.75, 3.05) is 0 Å². The fraction of sp³-hybridized carbons (Fsp3) is 0.100. The number of hydrogen-bond acceptors (Lipinski definition) is 4. The zero-order chi connectivity index (χ0) is 13.1. The highest BCUT2D eigenvalue weighted by atomic mass is 32.1. The van der Waals surface area contributed by atoms with Gasteiger partial charge in [0.15, 0.2) is 0 Å². The van der Waals surface area contributed by atoms with Gasteiger partial charge in [0.2, 0.25) is 0 Å². The third kappa shape index (κ3) is 2.66. The van der Waals surface area contributed by atoms with Gasteiger partial charge in [-0.25, -0.2) is 29.1 Å². The maximum Gasteiger partial charge on any atom is 0.344 e. The van der Waals surface area contributed by atoms with Crippen LogP contribution in [0.1, 0.15) is 10.4 Å². The van der Waals surface area contributed by atoms with Gasteiger partial charge in [0.25, 0.3) is 0 Å². The van der Waals surface area contributed by atoms with E-state index in [2.05, 4.69) is 10.2 Å². The molecule has 0 saturated carbocycles. The topological polar surface area (TPSA) is 108 Å². The molecular formula is C10H9N3O4S. The van der Waals surface area contributed by atoms with E-state index in [0.717, 1.165) is 21.1 Å². The molecule has 0 atom stereocenters. The molecular weight excluding hydrogens is 258 g/mol. The third-order valence-electron chi connectivity index (χ3n) is 2.17. The predicted octanol–water partition coefficient (Wildman–Crippen LogP) is 0.0723. The molecule has 2 rings (SSSR count). The Hall–Kier alpha value is -2.35. The quantitative estimate of drug-likeness (QED) is 0.681. The van der Waals surface area contributed by atoms with Gasteiger partial charge in [-0.3, -0.25) is 0 Å². The van der Waals surface area contributed by atoms with Crippen molar-refractivity contribution in [1.29, 1.82) is 0 Å². The number of H-pyrrole nitrogens is 2.